The molecule has 6 heteroatoms. The van der Waals surface area contributed by atoms with Crippen LogP contribution >= 0.6 is 0 Å². The van der Waals surface area contributed by atoms with Crippen LogP contribution in [0.15, 0.2) is 24.8 Å². The second-order valence-corrected chi connectivity index (χ2v) is 8.16. The van der Waals surface area contributed by atoms with Crippen molar-refractivity contribution in [2.75, 3.05) is 26.7 Å². The molecule has 0 aromatic heterocycles. The van der Waals surface area contributed by atoms with Gasteiger partial charge in [0.15, 0.2) is 0 Å². The number of carbonyl (C=O) groups is 2. The van der Waals surface area contributed by atoms with Crippen molar-refractivity contribution in [2.24, 2.45) is 5.92 Å². The molecule has 0 radical (unpaired) electrons. The highest BCUT2D eigenvalue weighted by molar-refractivity contribution is 5.80. The fraction of sp³-hybridized carbons (Fsp3) is 0.545. The Morgan fingerprint density at radius 3 is 2.54 bits per heavy atom. The van der Waals surface area contributed by atoms with E-state index in [4.69, 9.17) is 9.47 Å². The standard InChI is InChI=1S/C22H32N2O4/c1-6-16-7-8-19(27-5)18(13-16)14-20(25)24-11-9-17(10-12-24)15-23-21(26)28-22(2,3)4/h6-8,13,17H,1,9-12,14-15H2,2-5H3,(H,23,26). The van der Waals surface area contributed by atoms with Crippen molar-refractivity contribution < 1.29 is 19.1 Å². The lowest BCUT2D eigenvalue weighted by molar-refractivity contribution is -0.131. The lowest BCUT2D eigenvalue weighted by Crippen LogP contribution is -2.42. The van der Waals surface area contributed by atoms with Gasteiger partial charge in [-0.3, -0.25) is 4.79 Å². The molecule has 6 nitrogen and oxygen atoms in total. The first-order chi connectivity index (χ1) is 13.2. The SMILES string of the molecule is C=Cc1ccc(OC)c(CC(=O)N2CCC(CNC(=O)OC(C)(C)C)CC2)c1. The van der Waals surface area contributed by atoms with E-state index in [1.165, 1.54) is 0 Å². The van der Waals surface area contributed by atoms with Gasteiger partial charge in [0.05, 0.1) is 13.5 Å². The van der Waals surface area contributed by atoms with Gasteiger partial charge >= 0.3 is 6.09 Å². The number of carbonyl (C=O) groups excluding carboxylic acids is 2. The van der Waals surface area contributed by atoms with E-state index in [1.807, 2.05) is 43.9 Å². The van der Waals surface area contributed by atoms with E-state index in [-0.39, 0.29) is 12.0 Å². The molecule has 0 spiro atoms. The third-order valence-corrected chi connectivity index (χ3v) is 4.78. The lowest BCUT2D eigenvalue weighted by Gasteiger charge is -2.32. The van der Waals surface area contributed by atoms with Gasteiger partial charge in [0.1, 0.15) is 11.4 Å². The van der Waals surface area contributed by atoms with Crippen LogP contribution < -0.4 is 10.1 Å². The molecule has 0 unspecified atom stereocenters. The number of ether oxygens (including phenoxy) is 2. The Labute approximate surface area is 167 Å². The second-order valence-electron chi connectivity index (χ2n) is 8.16. The van der Waals surface area contributed by atoms with E-state index >= 15 is 0 Å². The Hall–Kier alpha value is -2.50. The average molecular weight is 389 g/mol. The molecule has 0 aliphatic carbocycles. The van der Waals surface area contributed by atoms with Crippen LogP contribution in [0, 0.1) is 5.92 Å². The van der Waals surface area contributed by atoms with Gasteiger partial charge in [0.25, 0.3) is 0 Å². The molecule has 1 aromatic carbocycles. The molecule has 0 atom stereocenters. The molecule has 0 saturated carbocycles. The number of nitrogens with one attached hydrogen (secondary N) is 1. The number of benzene rings is 1. The molecule has 28 heavy (non-hydrogen) atoms. The van der Waals surface area contributed by atoms with Crippen LogP contribution in [0.2, 0.25) is 0 Å². The van der Waals surface area contributed by atoms with Gasteiger partial charge in [-0.25, -0.2) is 4.79 Å². The number of hydrogen-bond acceptors (Lipinski definition) is 4. The van der Waals surface area contributed by atoms with E-state index in [9.17, 15) is 9.59 Å². The van der Waals surface area contributed by atoms with Crippen molar-refractivity contribution in [1.29, 1.82) is 0 Å². The van der Waals surface area contributed by atoms with Crippen LogP contribution in [0.1, 0.15) is 44.7 Å². The van der Waals surface area contributed by atoms with Crippen molar-refractivity contribution >= 4 is 18.1 Å². The summed E-state index contributed by atoms with van der Waals surface area (Å²) in [6.45, 7) is 11.3. The molecule has 1 aliphatic rings. The molecule has 1 saturated heterocycles. The monoisotopic (exact) mass is 388 g/mol. The van der Waals surface area contributed by atoms with Crippen LogP contribution in [-0.2, 0) is 16.0 Å². The van der Waals surface area contributed by atoms with Crippen LogP contribution in [0.5, 0.6) is 5.75 Å². The van der Waals surface area contributed by atoms with Gasteiger partial charge in [-0.2, -0.15) is 0 Å². The van der Waals surface area contributed by atoms with Gasteiger partial charge in [-0.1, -0.05) is 18.7 Å². The highest BCUT2D eigenvalue weighted by Gasteiger charge is 2.24. The highest BCUT2D eigenvalue weighted by atomic mass is 16.6. The minimum Gasteiger partial charge on any atom is -0.496 e. The first kappa shape index (κ1) is 21.8. The molecular formula is C22H32N2O4. The number of alkyl carbamates (subject to hydrolysis) is 1. The summed E-state index contributed by atoms with van der Waals surface area (Å²) >= 11 is 0. The fourth-order valence-electron chi connectivity index (χ4n) is 3.27. The second kappa shape index (κ2) is 9.62. The van der Waals surface area contributed by atoms with E-state index in [2.05, 4.69) is 11.9 Å². The summed E-state index contributed by atoms with van der Waals surface area (Å²) in [4.78, 5) is 26.4. The predicted octanol–water partition coefficient (Wildman–Crippen LogP) is 3.64. The molecule has 2 rings (SSSR count). The number of amides is 2. The maximum absolute atomic E-state index is 12.7. The number of rotatable bonds is 6. The first-order valence-electron chi connectivity index (χ1n) is 9.76. The largest absolute Gasteiger partial charge is 0.496 e. The van der Waals surface area contributed by atoms with Gasteiger partial charge in [0.2, 0.25) is 5.91 Å². The summed E-state index contributed by atoms with van der Waals surface area (Å²) in [5, 5.41) is 2.83. The number of nitrogens with zero attached hydrogens (tertiary/aromatic N) is 1. The molecule has 154 valence electrons. The Balaban J connectivity index is 1.82. The van der Waals surface area contributed by atoms with E-state index in [0.29, 0.717) is 32.0 Å². The number of piperidine rings is 1. The Bertz CT molecular complexity index is 701. The van der Waals surface area contributed by atoms with Crippen LogP contribution in [0.4, 0.5) is 4.79 Å². The lowest BCUT2D eigenvalue weighted by atomic mass is 9.96. The minimum absolute atomic E-state index is 0.0954. The zero-order chi connectivity index (χ0) is 20.7. The Morgan fingerprint density at radius 2 is 1.96 bits per heavy atom. The molecule has 1 aliphatic heterocycles. The van der Waals surface area contributed by atoms with E-state index in [1.54, 1.807) is 13.2 Å². The van der Waals surface area contributed by atoms with Crippen LogP contribution in [0.3, 0.4) is 0 Å². The van der Waals surface area contributed by atoms with Crippen molar-refractivity contribution in [3.8, 4) is 5.75 Å². The molecule has 1 N–H and O–H groups in total. The average Bonchev–Trinajstić information content (AvgIpc) is 2.65. The molecule has 1 fully saturated rings. The van der Waals surface area contributed by atoms with Crippen LogP contribution in [-0.4, -0.2) is 49.2 Å². The van der Waals surface area contributed by atoms with E-state index < -0.39 is 5.60 Å². The number of likely N-dealkylation sites (tertiary alicyclic amines) is 1. The fourth-order valence-corrected chi connectivity index (χ4v) is 3.27. The zero-order valence-corrected chi connectivity index (χ0v) is 17.4. The summed E-state index contributed by atoms with van der Waals surface area (Å²) in [7, 11) is 1.61. The number of hydrogen-bond donors (Lipinski definition) is 1. The van der Waals surface area contributed by atoms with Gasteiger partial charge < -0.3 is 19.7 Å². The summed E-state index contributed by atoms with van der Waals surface area (Å²) in [6.07, 6.45) is 3.42. The molecule has 2 amide bonds. The number of methoxy groups -OCH3 is 1. The minimum atomic E-state index is -0.496. The molecular weight excluding hydrogens is 356 g/mol. The summed E-state index contributed by atoms with van der Waals surface area (Å²) in [5.74, 6) is 1.17. The van der Waals surface area contributed by atoms with Crippen molar-refractivity contribution in [3.63, 3.8) is 0 Å². The zero-order valence-electron chi connectivity index (χ0n) is 17.4. The summed E-state index contributed by atoms with van der Waals surface area (Å²) in [5.41, 5.74) is 1.35. The third kappa shape index (κ3) is 6.59. The van der Waals surface area contributed by atoms with E-state index in [0.717, 1.165) is 29.7 Å². The topological polar surface area (TPSA) is 67.9 Å². The van der Waals surface area contributed by atoms with Crippen LogP contribution in [0.25, 0.3) is 6.08 Å². The maximum atomic E-state index is 12.7. The Morgan fingerprint density at radius 1 is 1.29 bits per heavy atom. The quantitative estimate of drug-likeness (QED) is 0.808. The predicted molar refractivity (Wildman–Crippen MR) is 110 cm³/mol. The maximum Gasteiger partial charge on any atom is 0.407 e. The van der Waals surface area contributed by atoms with Crippen molar-refractivity contribution in [3.05, 3.63) is 35.9 Å². The third-order valence-electron chi connectivity index (χ3n) is 4.78. The highest BCUT2D eigenvalue weighted by Crippen LogP contribution is 2.23. The summed E-state index contributed by atoms with van der Waals surface area (Å²) < 4.78 is 10.6. The Kier molecular flexibility index (Phi) is 7.49. The van der Waals surface area contributed by atoms with Gasteiger partial charge in [-0.05, 0) is 57.2 Å². The molecule has 1 heterocycles. The summed E-state index contributed by atoms with van der Waals surface area (Å²) in [6, 6.07) is 5.73. The van der Waals surface area contributed by atoms with Crippen molar-refractivity contribution in [2.45, 2.75) is 45.6 Å². The van der Waals surface area contributed by atoms with Crippen molar-refractivity contribution in [1.82, 2.24) is 10.2 Å². The normalized spacial score (nSPS) is 15.1. The van der Waals surface area contributed by atoms with Gasteiger partial charge in [-0.15, -0.1) is 0 Å². The molecule has 1 aromatic rings. The van der Waals surface area contributed by atoms with Gasteiger partial charge in [0, 0.05) is 25.2 Å². The molecule has 0 bridgehead atoms. The smallest absolute Gasteiger partial charge is 0.407 e. The first-order valence-corrected chi connectivity index (χ1v) is 9.76.